The lowest BCUT2D eigenvalue weighted by atomic mass is 9.85. The van der Waals surface area contributed by atoms with Gasteiger partial charge in [0.1, 0.15) is 0 Å². The molecule has 1 saturated heterocycles. The molecule has 0 aromatic rings. The zero-order valence-corrected chi connectivity index (χ0v) is 10.7. The Bertz CT molecular complexity index is 262. The first-order valence-electron chi connectivity index (χ1n) is 6.86. The fourth-order valence-corrected chi connectivity index (χ4v) is 2.54. The van der Waals surface area contributed by atoms with Crippen molar-refractivity contribution in [3.63, 3.8) is 0 Å². The lowest BCUT2D eigenvalue weighted by Gasteiger charge is -2.41. The minimum absolute atomic E-state index is 0.135. The fraction of sp³-hybridized carbons (Fsp3) is 0.923. The predicted molar refractivity (Wildman–Crippen MR) is 66.6 cm³/mol. The number of amides is 1. The Hall–Kier alpha value is -0.610. The highest BCUT2D eigenvalue weighted by atomic mass is 16.3. The molecule has 2 rings (SSSR count). The lowest BCUT2D eigenvalue weighted by molar-refractivity contribution is -0.141. The van der Waals surface area contributed by atoms with Gasteiger partial charge in [0.25, 0.3) is 0 Å². The van der Waals surface area contributed by atoms with E-state index in [2.05, 4.69) is 12.2 Å². The van der Waals surface area contributed by atoms with E-state index in [0.29, 0.717) is 24.3 Å². The first-order chi connectivity index (χ1) is 8.24. The first-order valence-corrected chi connectivity index (χ1v) is 6.86. The molecule has 4 nitrogen and oxygen atoms in total. The van der Waals surface area contributed by atoms with Gasteiger partial charge in [-0.2, -0.15) is 0 Å². The molecular formula is C13H24N2O2. The molecule has 1 heterocycles. The quantitative estimate of drug-likeness (QED) is 0.715. The van der Waals surface area contributed by atoms with Crippen LogP contribution >= 0.6 is 0 Å². The maximum Gasteiger partial charge on any atom is 0.226 e. The highest BCUT2D eigenvalue weighted by molar-refractivity contribution is 5.79. The molecule has 1 amide bonds. The van der Waals surface area contributed by atoms with Crippen molar-refractivity contribution in [2.45, 2.75) is 38.6 Å². The van der Waals surface area contributed by atoms with Crippen LogP contribution in [0.4, 0.5) is 0 Å². The summed E-state index contributed by atoms with van der Waals surface area (Å²) in [6, 6.07) is 0.449. The summed E-state index contributed by atoms with van der Waals surface area (Å²) in [5.74, 6) is 0.949. The third-order valence-electron chi connectivity index (χ3n) is 4.27. The minimum atomic E-state index is 0.135. The van der Waals surface area contributed by atoms with Crippen molar-refractivity contribution in [3.8, 4) is 0 Å². The number of hydrogen-bond acceptors (Lipinski definition) is 3. The summed E-state index contributed by atoms with van der Waals surface area (Å²) in [7, 11) is 0. The number of hydrogen-bond donors (Lipinski definition) is 2. The van der Waals surface area contributed by atoms with Crippen molar-refractivity contribution < 1.29 is 9.90 Å². The van der Waals surface area contributed by atoms with Gasteiger partial charge in [-0.05, 0) is 44.7 Å². The summed E-state index contributed by atoms with van der Waals surface area (Å²) in [6.45, 7) is 4.91. The van der Waals surface area contributed by atoms with Crippen molar-refractivity contribution >= 4 is 5.91 Å². The molecule has 98 valence electrons. The van der Waals surface area contributed by atoms with Gasteiger partial charge in [-0.1, -0.05) is 6.92 Å². The van der Waals surface area contributed by atoms with E-state index in [4.69, 9.17) is 5.11 Å². The summed E-state index contributed by atoms with van der Waals surface area (Å²) in [5, 5.41) is 12.2. The molecule has 1 aliphatic heterocycles. The average Bonchev–Trinajstić information content (AvgIpc) is 2.17. The molecule has 4 heteroatoms. The number of nitrogens with zero attached hydrogens (tertiary/aromatic N) is 1. The van der Waals surface area contributed by atoms with Crippen LogP contribution in [0.2, 0.25) is 0 Å². The molecule has 1 aliphatic carbocycles. The summed E-state index contributed by atoms with van der Waals surface area (Å²) in [4.78, 5) is 14.5. The van der Waals surface area contributed by atoms with E-state index >= 15 is 0 Å². The third kappa shape index (κ3) is 2.80. The van der Waals surface area contributed by atoms with Crippen molar-refractivity contribution in [1.29, 1.82) is 0 Å². The van der Waals surface area contributed by atoms with E-state index in [1.54, 1.807) is 0 Å². The monoisotopic (exact) mass is 240 g/mol. The number of carbonyl (C=O) groups is 1. The summed E-state index contributed by atoms with van der Waals surface area (Å²) in [5.41, 5.74) is 0. The van der Waals surface area contributed by atoms with Crippen LogP contribution in [0.5, 0.6) is 0 Å². The zero-order valence-electron chi connectivity index (χ0n) is 10.7. The smallest absolute Gasteiger partial charge is 0.226 e. The highest BCUT2D eigenvalue weighted by Crippen LogP contribution is 2.28. The standard InChI is InChI=1S/C13H24N2O2/c1-10(11-8-14-9-11)13(17)15(6-3-7-16)12-4-2-5-12/h10-12,14,16H,2-9H2,1H3. The fourth-order valence-electron chi connectivity index (χ4n) is 2.54. The largest absolute Gasteiger partial charge is 0.396 e. The molecule has 1 unspecified atom stereocenters. The van der Waals surface area contributed by atoms with E-state index in [9.17, 15) is 4.79 Å². The molecule has 0 aromatic heterocycles. The molecule has 1 saturated carbocycles. The Morgan fingerprint density at radius 2 is 2.18 bits per heavy atom. The first kappa shape index (κ1) is 12.8. The van der Waals surface area contributed by atoms with Gasteiger partial charge >= 0.3 is 0 Å². The van der Waals surface area contributed by atoms with Gasteiger partial charge in [0.2, 0.25) is 5.91 Å². The Morgan fingerprint density at radius 3 is 2.59 bits per heavy atom. The average molecular weight is 240 g/mol. The molecule has 0 spiro atoms. The van der Waals surface area contributed by atoms with E-state index in [-0.39, 0.29) is 12.5 Å². The molecule has 2 fully saturated rings. The van der Waals surface area contributed by atoms with Gasteiger partial charge in [0, 0.05) is 25.1 Å². The second kappa shape index (κ2) is 5.83. The maximum absolute atomic E-state index is 12.4. The Labute approximate surface area is 103 Å². The van der Waals surface area contributed by atoms with E-state index in [0.717, 1.165) is 32.5 Å². The zero-order chi connectivity index (χ0) is 12.3. The van der Waals surface area contributed by atoms with Crippen LogP contribution in [0.15, 0.2) is 0 Å². The second-order valence-electron chi connectivity index (χ2n) is 5.40. The predicted octanol–water partition coefficient (Wildman–Crippen LogP) is 0.605. The van der Waals surface area contributed by atoms with Crippen LogP contribution in [0.1, 0.15) is 32.6 Å². The van der Waals surface area contributed by atoms with Crippen LogP contribution in [0, 0.1) is 11.8 Å². The van der Waals surface area contributed by atoms with E-state index < -0.39 is 0 Å². The van der Waals surface area contributed by atoms with Crippen molar-refractivity contribution in [2.24, 2.45) is 11.8 Å². The summed E-state index contributed by atoms with van der Waals surface area (Å²) < 4.78 is 0. The minimum Gasteiger partial charge on any atom is -0.396 e. The van der Waals surface area contributed by atoms with Gasteiger partial charge in [-0.15, -0.1) is 0 Å². The number of aliphatic hydroxyl groups excluding tert-OH is 1. The Balaban J connectivity index is 1.90. The van der Waals surface area contributed by atoms with Crippen molar-refractivity contribution in [3.05, 3.63) is 0 Å². The molecule has 1 atom stereocenters. The normalized spacial score (nSPS) is 22.7. The summed E-state index contributed by atoms with van der Waals surface area (Å²) >= 11 is 0. The molecule has 0 bridgehead atoms. The molecule has 17 heavy (non-hydrogen) atoms. The molecule has 2 aliphatic rings. The van der Waals surface area contributed by atoms with Crippen LogP contribution in [-0.4, -0.2) is 48.2 Å². The van der Waals surface area contributed by atoms with Crippen LogP contribution in [-0.2, 0) is 4.79 Å². The number of rotatable bonds is 6. The molecule has 0 radical (unpaired) electrons. The Kier molecular flexibility index (Phi) is 4.40. The van der Waals surface area contributed by atoms with Gasteiger partial charge in [-0.3, -0.25) is 4.79 Å². The van der Waals surface area contributed by atoms with Crippen LogP contribution in [0.25, 0.3) is 0 Å². The second-order valence-corrected chi connectivity index (χ2v) is 5.40. The van der Waals surface area contributed by atoms with Crippen LogP contribution < -0.4 is 5.32 Å². The van der Waals surface area contributed by atoms with E-state index in [1.165, 1.54) is 6.42 Å². The number of carbonyl (C=O) groups excluding carboxylic acids is 1. The Morgan fingerprint density at radius 1 is 1.47 bits per heavy atom. The van der Waals surface area contributed by atoms with Gasteiger partial charge < -0.3 is 15.3 Å². The van der Waals surface area contributed by atoms with Gasteiger partial charge in [-0.25, -0.2) is 0 Å². The third-order valence-corrected chi connectivity index (χ3v) is 4.27. The topological polar surface area (TPSA) is 52.6 Å². The maximum atomic E-state index is 12.4. The van der Waals surface area contributed by atoms with Gasteiger partial charge in [0.05, 0.1) is 0 Å². The molecule has 2 N–H and O–H groups in total. The lowest BCUT2D eigenvalue weighted by Crippen LogP contribution is -2.53. The van der Waals surface area contributed by atoms with Crippen molar-refractivity contribution in [1.82, 2.24) is 10.2 Å². The van der Waals surface area contributed by atoms with Crippen molar-refractivity contribution in [2.75, 3.05) is 26.2 Å². The van der Waals surface area contributed by atoms with Gasteiger partial charge in [0.15, 0.2) is 0 Å². The highest BCUT2D eigenvalue weighted by Gasteiger charge is 2.35. The van der Waals surface area contributed by atoms with E-state index in [1.807, 2.05) is 4.90 Å². The number of aliphatic hydroxyl groups is 1. The molecule has 0 aromatic carbocycles. The van der Waals surface area contributed by atoms with Crippen LogP contribution in [0.3, 0.4) is 0 Å². The SMILES string of the molecule is CC(C(=O)N(CCCO)C1CCC1)C1CNC1. The number of nitrogens with one attached hydrogen (secondary N) is 1. The molecular weight excluding hydrogens is 216 g/mol. The summed E-state index contributed by atoms with van der Waals surface area (Å²) in [6.07, 6.45) is 4.24.